The molecule has 0 aromatic heterocycles. The van der Waals surface area contributed by atoms with Gasteiger partial charge in [-0.2, -0.15) is 0 Å². The van der Waals surface area contributed by atoms with Gasteiger partial charge in [-0.25, -0.2) is 0 Å². The summed E-state index contributed by atoms with van der Waals surface area (Å²) >= 11 is 0. The Bertz CT molecular complexity index is 822. The lowest BCUT2D eigenvalue weighted by Gasteiger charge is -2.61. The molecule has 6 fully saturated rings. The van der Waals surface area contributed by atoms with E-state index < -0.39 is 0 Å². The van der Waals surface area contributed by atoms with Crippen molar-refractivity contribution in [3.05, 3.63) is 0 Å². The van der Waals surface area contributed by atoms with Crippen molar-refractivity contribution in [1.82, 2.24) is 0 Å². The quantitative estimate of drug-likeness (QED) is 0.432. The van der Waals surface area contributed by atoms with Crippen LogP contribution in [0.25, 0.3) is 0 Å². The molecule has 0 unspecified atom stereocenters. The zero-order valence-electron chi connectivity index (χ0n) is 19.9. The van der Waals surface area contributed by atoms with Crippen LogP contribution in [-0.2, 0) is 19.1 Å². The van der Waals surface area contributed by atoms with Crippen LogP contribution in [-0.4, -0.2) is 29.6 Å². The van der Waals surface area contributed by atoms with Crippen LogP contribution in [0.15, 0.2) is 0 Å². The Hall–Kier alpha value is -0.900. The third kappa shape index (κ3) is 2.36. The van der Waals surface area contributed by atoms with Crippen molar-refractivity contribution >= 4 is 11.8 Å². The molecule has 4 nitrogen and oxygen atoms in total. The van der Waals surface area contributed by atoms with E-state index in [1.54, 1.807) is 0 Å². The highest BCUT2D eigenvalue weighted by molar-refractivity contribution is 5.84. The molecule has 31 heavy (non-hydrogen) atoms. The van der Waals surface area contributed by atoms with Gasteiger partial charge < -0.3 is 9.47 Å². The van der Waals surface area contributed by atoms with Gasteiger partial charge in [0.15, 0.2) is 0 Å². The Balaban J connectivity index is 1.33. The monoisotopic (exact) mass is 428 g/mol. The molecule has 5 saturated carbocycles. The number of hydrogen-bond acceptors (Lipinski definition) is 4. The van der Waals surface area contributed by atoms with Crippen molar-refractivity contribution < 1.29 is 19.1 Å². The van der Waals surface area contributed by atoms with Crippen molar-refractivity contribution in [3.8, 4) is 0 Å². The number of Topliss-reactive ketones (excluding diaryl/α,β-unsaturated/α-hetero) is 1. The molecule has 0 aromatic rings. The summed E-state index contributed by atoms with van der Waals surface area (Å²) in [5.74, 6) is 2.98. The molecule has 0 aromatic carbocycles. The van der Waals surface area contributed by atoms with E-state index in [-0.39, 0.29) is 33.9 Å². The summed E-state index contributed by atoms with van der Waals surface area (Å²) in [5, 5.41) is 0. The summed E-state index contributed by atoms with van der Waals surface area (Å²) in [4.78, 5) is 24.8. The second kappa shape index (κ2) is 6.36. The number of carbonyl (C=O) groups excluding carboxylic acids is 2. The summed E-state index contributed by atoms with van der Waals surface area (Å²) in [6.45, 7) is 8.45. The second-order valence-corrected chi connectivity index (χ2v) is 12.7. The summed E-state index contributed by atoms with van der Waals surface area (Å²) in [6, 6.07) is 0. The summed E-state index contributed by atoms with van der Waals surface area (Å²) in [5.41, 5.74) is 0.235. The van der Waals surface area contributed by atoms with Crippen LogP contribution < -0.4 is 0 Å². The van der Waals surface area contributed by atoms with Crippen molar-refractivity contribution in [3.63, 3.8) is 0 Å². The summed E-state index contributed by atoms with van der Waals surface area (Å²) in [7, 11) is 0. The van der Waals surface area contributed by atoms with Crippen LogP contribution in [0, 0.1) is 39.9 Å². The molecule has 0 N–H and O–H groups in total. The van der Waals surface area contributed by atoms with Crippen LogP contribution in [0.5, 0.6) is 0 Å². The maximum Gasteiger partial charge on any atom is 0.302 e. The van der Waals surface area contributed by atoms with Crippen molar-refractivity contribution in [2.24, 2.45) is 39.9 Å². The molecule has 0 radical (unpaired) electrons. The van der Waals surface area contributed by atoms with Crippen LogP contribution in [0.3, 0.4) is 0 Å². The molecule has 1 heterocycles. The number of epoxide rings is 1. The van der Waals surface area contributed by atoms with E-state index in [1.807, 2.05) is 6.92 Å². The van der Waals surface area contributed by atoms with Gasteiger partial charge in [0, 0.05) is 24.2 Å². The molecule has 6 rings (SSSR count). The molecule has 4 heteroatoms. The van der Waals surface area contributed by atoms with Crippen LogP contribution in [0.4, 0.5) is 0 Å². The van der Waals surface area contributed by atoms with E-state index in [9.17, 15) is 9.59 Å². The van der Waals surface area contributed by atoms with Gasteiger partial charge in [-0.05, 0) is 87.4 Å². The average molecular weight is 429 g/mol. The fourth-order valence-corrected chi connectivity index (χ4v) is 10.8. The molecule has 10 atom stereocenters. The Labute approximate surface area is 187 Å². The molecular weight excluding hydrogens is 388 g/mol. The van der Waals surface area contributed by atoms with Gasteiger partial charge in [-0.1, -0.05) is 26.7 Å². The number of hydrogen-bond donors (Lipinski definition) is 0. The van der Waals surface area contributed by atoms with Crippen molar-refractivity contribution in [2.75, 3.05) is 0 Å². The first-order valence-electron chi connectivity index (χ1n) is 13.0. The molecule has 0 amide bonds. The van der Waals surface area contributed by atoms with Gasteiger partial charge in [0.05, 0.1) is 6.10 Å². The van der Waals surface area contributed by atoms with Crippen LogP contribution in [0.1, 0.15) is 98.3 Å². The van der Waals surface area contributed by atoms with E-state index in [1.165, 1.54) is 45.4 Å². The molecule has 1 spiro atoms. The third-order valence-electron chi connectivity index (χ3n) is 12.0. The first-order chi connectivity index (χ1) is 14.7. The molecule has 6 aliphatic rings. The topological polar surface area (TPSA) is 55.9 Å². The maximum absolute atomic E-state index is 13.2. The third-order valence-corrected chi connectivity index (χ3v) is 12.0. The number of rotatable bonds is 2. The predicted octanol–water partition coefficient (Wildman–Crippen LogP) is 5.47. The molecule has 172 valence electrons. The minimum Gasteiger partial charge on any atom is -0.462 e. The highest BCUT2D eigenvalue weighted by Gasteiger charge is 2.78. The van der Waals surface area contributed by atoms with E-state index in [4.69, 9.17) is 9.47 Å². The highest BCUT2D eigenvalue weighted by atomic mass is 16.6. The standard InChI is InChI=1S/C27H40O4/c1-16(28)26-10-6-5-7-18(26)13-22-20-14-23-27(31-23)15-19(30-17(2)29)8-11-25(27,4)21(20)9-12-24(22,26)3/h18-23H,5-15H2,1-4H3/t18-,19+,20+,21-,22-,23-,24-,25+,26-,27-/m0/s1. The van der Waals surface area contributed by atoms with Gasteiger partial charge >= 0.3 is 5.97 Å². The highest BCUT2D eigenvalue weighted by Crippen LogP contribution is 2.77. The van der Waals surface area contributed by atoms with Crippen LogP contribution >= 0.6 is 0 Å². The lowest BCUT2D eigenvalue weighted by molar-refractivity contribution is -0.163. The minimum absolute atomic E-state index is 0.0244. The Morgan fingerprint density at radius 2 is 1.68 bits per heavy atom. The number of fused-ring (bicyclic) bond motifs is 6. The first-order valence-corrected chi connectivity index (χ1v) is 13.0. The van der Waals surface area contributed by atoms with E-state index in [2.05, 4.69) is 13.8 Å². The zero-order valence-corrected chi connectivity index (χ0v) is 19.9. The van der Waals surface area contributed by atoms with Gasteiger partial charge in [-0.3, -0.25) is 9.59 Å². The SMILES string of the molecule is CC(=O)O[C@@H]1CC[C@]2(C)[C@H]3CC[C@@]4(C)[C@@H](C[C@@H]5CCCC[C@]54C(C)=O)[C@@H]3C[C@@H]3O[C@@]32C1. The molecular formula is C27H40O4. The minimum atomic E-state index is -0.160. The smallest absolute Gasteiger partial charge is 0.302 e. The number of carbonyl (C=O) groups is 2. The van der Waals surface area contributed by atoms with Crippen molar-refractivity contribution in [2.45, 2.75) is 116 Å². The van der Waals surface area contributed by atoms with Gasteiger partial charge in [0.25, 0.3) is 0 Å². The number of ether oxygens (including phenoxy) is 2. The normalized spacial score (nSPS) is 56.9. The van der Waals surface area contributed by atoms with E-state index in [0.29, 0.717) is 35.6 Å². The maximum atomic E-state index is 13.2. The van der Waals surface area contributed by atoms with E-state index in [0.717, 1.165) is 32.1 Å². The Morgan fingerprint density at radius 1 is 0.903 bits per heavy atom. The molecule has 1 aliphatic heterocycles. The fourth-order valence-electron chi connectivity index (χ4n) is 10.8. The molecule has 0 bridgehead atoms. The second-order valence-electron chi connectivity index (χ2n) is 12.7. The summed E-state index contributed by atoms with van der Waals surface area (Å²) < 4.78 is 12.2. The van der Waals surface area contributed by atoms with Crippen LogP contribution in [0.2, 0.25) is 0 Å². The lowest BCUT2D eigenvalue weighted by atomic mass is 9.42. The average Bonchev–Trinajstić information content (AvgIpc) is 3.33. The molecule has 5 aliphatic carbocycles. The Morgan fingerprint density at radius 3 is 2.42 bits per heavy atom. The fraction of sp³-hybridized carbons (Fsp3) is 0.926. The predicted molar refractivity (Wildman–Crippen MR) is 117 cm³/mol. The summed E-state index contributed by atoms with van der Waals surface area (Å²) in [6.07, 6.45) is 13.1. The van der Waals surface area contributed by atoms with Gasteiger partial charge in [0.1, 0.15) is 17.5 Å². The number of esters is 1. The Kier molecular flexibility index (Phi) is 4.25. The van der Waals surface area contributed by atoms with Crippen molar-refractivity contribution in [1.29, 1.82) is 0 Å². The zero-order chi connectivity index (χ0) is 21.8. The largest absolute Gasteiger partial charge is 0.462 e. The molecule has 1 saturated heterocycles. The number of ketones is 1. The lowest BCUT2D eigenvalue weighted by Crippen LogP contribution is -2.60. The van der Waals surface area contributed by atoms with Gasteiger partial charge in [-0.15, -0.1) is 0 Å². The van der Waals surface area contributed by atoms with E-state index >= 15 is 0 Å². The van der Waals surface area contributed by atoms with Gasteiger partial charge in [0.2, 0.25) is 0 Å². The first kappa shape index (κ1) is 20.7.